The fourth-order valence-corrected chi connectivity index (χ4v) is 3.66. The molecule has 1 amide bonds. The van der Waals surface area contributed by atoms with E-state index < -0.39 is 5.91 Å². The molecule has 0 aliphatic rings. The summed E-state index contributed by atoms with van der Waals surface area (Å²) in [6.45, 7) is 0.377. The first-order valence-electron chi connectivity index (χ1n) is 9.54. The lowest BCUT2D eigenvalue weighted by atomic mass is 10.1. The van der Waals surface area contributed by atoms with Gasteiger partial charge in [0.2, 0.25) is 0 Å². The summed E-state index contributed by atoms with van der Waals surface area (Å²) in [6, 6.07) is 18.4. The highest BCUT2D eigenvalue weighted by molar-refractivity contribution is 9.10. The number of phenolic OH excluding ortho intramolecular Hbond substituents is 1. The Morgan fingerprint density at radius 3 is 2.84 bits per heavy atom. The molecule has 0 saturated heterocycles. The van der Waals surface area contributed by atoms with E-state index in [1.807, 2.05) is 41.1 Å². The summed E-state index contributed by atoms with van der Waals surface area (Å²) >= 11 is 3.27. The molecule has 0 atom stereocenters. The van der Waals surface area contributed by atoms with Gasteiger partial charge in [0.05, 0.1) is 18.3 Å². The Morgan fingerprint density at radius 1 is 1.22 bits per heavy atom. The first kappa shape index (κ1) is 21.3. The van der Waals surface area contributed by atoms with Crippen molar-refractivity contribution in [3.8, 4) is 11.8 Å². The van der Waals surface area contributed by atoms with Crippen molar-refractivity contribution >= 4 is 39.0 Å². The van der Waals surface area contributed by atoms with E-state index in [9.17, 15) is 14.3 Å². The lowest BCUT2D eigenvalue weighted by Crippen LogP contribution is -2.17. The summed E-state index contributed by atoms with van der Waals surface area (Å²) in [5, 5.41) is 23.5. The topological polar surface area (TPSA) is 90.4 Å². The Kier molecular flexibility index (Phi) is 6.01. The number of benzene rings is 3. The van der Waals surface area contributed by atoms with Crippen LogP contribution in [-0.4, -0.2) is 21.8 Å². The number of aromatic nitrogens is 1. The number of hydrogen-bond donors (Lipinski definition) is 2. The highest BCUT2D eigenvalue weighted by Gasteiger charge is 2.10. The van der Waals surface area contributed by atoms with Crippen LogP contribution in [0.3, 0.4) is 0 Å². The number of rotatable bonds is 5. The van der Waals surface area contributed by atoms with Crippen molar-refractivity contribution < 1.29 is 14.3 Å². The number of nitriles is 1. The van der Waals surface area contributed by atoms with Crippen molar-refractivity contribution in [2.45, 2.75) is 6.54 Å². The molecule has 0 radical (unpaired) electrons. The molecule has 4 rings (SSSR count). The van der Waals surface area contributed by atoms with Crippen molar-refractivity contribution in [2.24, 2.45) is 5.10 Å². The summed E-state index contributed by atoms with van der Waals surface area (Å²) in [5.74, 6) is -0.976. The van der Waals surface area contributed by atoms with Crippen molar-refractivity contribution in [1.29, 1.82) is 5.26 Å². The minimum Gasteiger partial charge on any atom is -0.507 e. The Morgan fingerprint density at radius 2 is 2.06 bits per heavy atom. The molecule has 0 aliphatic carbocycles. The van der Waals surface area contributed by atoms with Gasteiger partial charge in [0.15, 0.2) is 0 Å². The largest absolute Gasteiger partial charge is 0.507 e. The van der Waals surface area contributed by atoms with Crippen LogP contribution in [0.15, 0.2) is 76.4 Å². The number of halogens is 2. The number of amides is 1. The van der Waals surface area contributed by atoms with Gasteiger partial charge in [0, 0.05) is 38.3 Å². The average Bonchev–Trinajstić information content (AvgIpc) is 3.19. The summed E-state index contributed by atoms with van der Waals surface area (Å²) in [6.07, 6.45) is 3.40. The first-order chi connectivity index (χ1) is 15.5. The van der Waals surface area contributed by atoms with E-state index in [1.54, 1.807) is 12.1 Å². The van der Waals surface area contributed by atoms with Crippen LogP contribution >= 0.6 is 15.9 Å². The Labute approximate surface area is 191 Å². The van der Waals surface area contributed by atoms with E-state index in [1.165, 1.54) is 30.5 Å². The molecule has 32 heavy (non-hydrogen) atoms. The molecule has 0 aliphatic heterocycles. The fourth-order valence-electron chi connectivity index (χ4n) is 3.32. The predicted octanol–water partition coefficient (Wildman–Crippen LogP) is 4.93. The SMILES string of the molecule is N#Cc1cc(C(=O)N/N=C/c2cccc3c2ccn3Cc2ccc(Br)cc2F)ccc1O. The van der Waals surface area contributed by atoms with Crippen LogP contribution < -0.4 is 5.43 Å². The van der Waals surface area contributed by atoms with E-state index in [0.29, 0.717) is 16.6 Å². The highest BCUT2D eigenvalue weighted by Crippen LogP contribution is 2.22. The first-order valence-corrected chi connectivity index (χ1v) is 10.3. The minimum absolute atomic E-state index is 0.00921. The normalized spacial score (nSPS) is 11.0. The van der Waals surface area contributed by atoms with Crippen LogP contribution in [-0.2, 0) is 6.54 Å². The van der Waals surface area contributed by atoms with Gasteiger partial charge in [-0.3, -0.25) is 4.79 Å². The summed E-state index contributed by atoms with van der Waals surface area (Å²) in [7, 11) is 0. The maximum Gasteiger partial charge on any atom is 0.271 e. The Bertz CT molecular complexity index is 1410. The number of fused-ring (bicyclic) bond motifs is 1. The van der Waals surface area contributed by atoms with E-state index in [4.69, 9.17) is 5.26 Å². The molecule has 0 saturated carbocycles. The third-order valence-electron chi connectivity index (χ3n) is 4.95. The predicted molar refractivity (Wildman–Crippen MR) is 123 cm³/mol. The van der Waals surface area contributed by atoms with Crippen LogP contribution in [0.5, 0.6) is 5.75 Å². The zero-order chi connectivity index (χ0) is 22.7. The average molecular weight is 491 g/mol. The van der Waals surface area contributed by atoms with Crippen molar-refractivity contribution in [3.05, 3.63) is 99.4 Å². The molecule has 2 N–H and O–H groups in total. The van der Waals surface area contributed by atoms with Gasteiger partial charge < -0.3 is 9.67 Å². The van der Waals surface area contributed by atoms with E-state index in [-0.39, 0.29) is 22.7 Å². The molecule has 3 aromatic carbocycles. The number of aromatic hydroxyl groups is 1. The van der Waals surface area contributed by atoms with Crippen molar-refractivity contribution in [1.82, 2.24) is 9.99 Å². The van der Waals surface area contributed by atoms with Gasteiger partial charge in [-0.25, -0.2) is 9.82 Å². The molecule has 0 spiro atoms. The molecule has 0 fully saturated rings. The van der Waals surface area contributed by atoms with Crippen LogP contribution in [0.4, 0.5) is 4.39 Å². The molecule has 6 nitrogen and oxygen atoms in total. The molecule has 0 bridgehead atoms. The molecule has 8 heteroatoms. The molecule has 1 heterocycles. The highest BCUT2D eigenvalue weighted by atomic mass is 79.9. The van der Waals surface area contributed by atoms with Crippen molar-refractivity contribution in [2.75, 3.05) is 0 Å². The number of phenols is 1. The quantitative estimate of drug-likeness (QED) is 0.306. The molecular formula is C24H16BrFN4O2. The summed E-state index contributed by atoms with van der Waals surface area (Å²) in [5.41, 5.74) is 4.89. The Balaban J connectivity index is 1.53. The molecule has 4 aromatic rings. The minimum atomic E-state index is -0.506. The summed E-state index contributed by atoms with van der Waals surface area (Å²) < 4.78 is 16.9. The van der Waals surface area contributed by atoms with Crippen LogP contribution in [0.2, 0.25) is 0 Å². The second-order valence-corrected chi connectivity index (χ2v) is 7.92. The number of nitrogens with zero attached hydrogens (tertiary/aromatic N) is 3. The van der Waals surface area contributed by atoms with Gasteiger partial charge in [-0.15, -0.1) is 0 Å². The van der Waals surface area contributed by atoms with E-state index in [0.717, 1.165) is 16.5 Å². The standard InChI is InChI=1S/C24H16BrFN4O2/c25-19-6-4-17(21(26)11-19)14-30-9-8-20-16(2-1-3-22(20)30)13-28-29-24(32)15-5-7-23(31)18(10-15)12-27/h1-11,13,31H,14H2,(H,29,32)/b28-13+. The fraction of sp³-hybridized carbons (Fsp3) is 0.0417. The van der Waals surface area contributed by atoms with Gasteiger partial charge >= 0.3 is 0 Å². The second kappa shape index (κ2) is 9.04. The van der Waals surface area contributed by atoms with Gasteiger partial charge in [0.1, 0.15) is 17.6 Å². The van der Waals surface area contributed by atoms with Crippen LogP contribution in [0.25, 0.3) is 10.9 Å². The van der Waals surface area contributed by atoms with Gasteiger partial charge in [-0.1, -0.05) is 34.1 Å². The molecule has 0 unspecified atom stereocenters. The number of carbonyl (C=O) groups is 1. The smallest absolute Gasteiger partial charge is 0.271 e. The third-order valence-corrected chi connectivity index (χ3v) is 5.45. The van der Waals surface area contributed by atoms with Gasteiger partial charge in [-0.05, 0) is 42.5 Å². The number of hydrogen-bond acceptors (Lipinski definition) is 4. The zero-order valence-electron chi connectivity index (χ0n) is 16.6. The van der Waals surface area contributed by atoms with Crippen molar-refractivity contribution in [3.63, 3.8) is 0 Å². The molecule has 1 aromatic heterocycles. The number of hydrazone groups is 1. The maximum absolute atomic E-state index is 14.2. The van der Waals surface area contributed by atoms with Crippen LogP contribution in [0.1, 0.15) is 27.0 Å². The number of nitrogens with one attached hydrogen (secondary N) is 1. The molecule has 158 valence electrons. The summed E-state index contributed by atoms with van der Waals surface area (Å²) in [4.78, 5) is 12.3. The number of carbonyl (C=O) groups excluding carboxylic acids is 1. The van der Waals surface area contributed by atoms with Gasteiger partial charge in [0.25, 0.3) is 5.91 Å². The lowest BCUT2D eigenvalue weighted by molar-refractivity contribution is 0.0955. The second-order valence-electron chi connectivity index (χ2n) is 7.00. The van der Waals surface area contributed by atoms with Crippen LogP contribution in [0, 0.1) is 17.1 Å². The lowest BCUT2D eigenvalue weighted by Gasteiger charge is -2.08. The monoisotopic (exact) mass is 490 g/mol. The Hall–Kier alpha value is -3.96. The third kappa shape index (κ3) is 4.38. The van der Waals surface area contributed by atoms with Gasteiger partial charge in [-0.2, -0.15) is 10.4 Å². The maximum atomic E-state index is 14.2. The zero-order valence-corrected chi connectivity index (χ0v) is 18.2. The van der Waals surface area contributed by atoms with E-state index >= 15 is 0 Å². The van der Waals surface area contributed by atoms with E-state index in [2.05, 4.69) is 26.5 Å². The molecular weight excluding hydrogens is 475 g/mol.